The first-order valence-electron chi connectivity index (χ1n) is 3.54. The Hall–Kier alpha value is -0.820. The minimum atomic E-state index is 0.548. The number of halogens is 1. The molecule has 1 aromatic heterocycles. The Morgan fingerprint density at radius 2 is 2.36 bits per heavy atom. The zero-order valence-corrected chi connectivity index (χ0v) is 7.01. The van der Waals surface area contributed by atoms with E-state index in [1.54, 1.807) is 12.3 Å². The van der Waals surface area contributed by atoms with Gasteiger partial charge in [-0.15, -0.1) is 6.58 Å². The fraction of sp³-hybridized carbons (Fsp3) is 0.222. The Morgan fingerprint density at radius 3 is 2.91 bits per heavy atom. The molecule has 1 nitrogen and oxygen atoms in total. The average Bonchev–Trinajstić information content (AvgIpc) is 2.04. The highest BCUT2D eigenvalue weighted by atomic mass is 35.5. The maximum Gasteiger partial charge on any atom is 0.129 e. The highest BCUT2D eigenvalue weighted by Crippen LogP contribution is 2.06. The van der Waals surface area contributed by atoms with E-state index in [9.17, 15) is 0 Å². The van der Waals surface area contributed by atoms with Gasteiger partial charge in [0.25, 0.3) is 0 Å². The van der Waals surface area contributed by atoms with Crippen molar-refractivity contribution in [3.63, 3.8) is 0 Å². The van der Waals surface area contributed by atoms with Gasteiger partial charge in [0.15, 0.2) is 0 Å². The van der Waals surface area contributed by atoms with Crippen LogP contribution < -0.4 is 0 Å². The van der Waals surface area contributed by atoms with Gasteiger partial charge >= 0.3 is 0 Å². The lowest BCUT2D eigenvalue weighted by molar-refractivity contribution is 0.990. The summed E-state index contributed by atoms with van der Waals surface area (Å²) in [4.78, 5) is 3.96. The first kappa shape index (κ1) is 8.28. The molecular formula is C9H10ClN. The van der Waals surface area contributed by atoms with Gasteiger partial charge in [0, 0.05) is 6.20 Å². The van der Waals surface area contributed by atoms with Crippen molar-refractivity contribution in [3.05, 3.63) is 41.7 Å². The standard InChI is InChI=1S/C9H10ClN/c1-2-3-4-8-5-6-9(10)11-7-8/h2,5-7H,1,3-4H2. The normalized spacial score (nSPS) is 9.55. The molecule has 58 valence electrons. The van der Waals surface area contributed by atoms with E-state index in [1.807, 2.05) is 12.1 Å². The molecule has 0 fully saturated rings. The van der Waals surface area contributed by atoms with Crippen LogP contribution in [0.4, 0.5) is 0 Å². The first-order chi connectivity index (χ1) is 5.33. The molecule has 0 unspecified atom stereocenters. The van der Waals surface area contributed by atoms with Gasteiger partial charge in [-0.3, -0.25) is 0 Å². The summed E-state index contributed by atoms with van der Waals surface area (Å²) in [5, 5.41) is 0.548. The third-order valence-corrected chi connectivity index (χ3v) is 1.65. The summed E-state index contributed by atoms with van der Waals surface area (Å²) in [6.45, 7) is 3.65. The minimum Gasteiger partial charge on any atom is -0.244 e. The molecule has 0 bridgehead atoms. The van der Waals surface area contributed by atoms with Crippen LogP contribution in [0.5, 0.6) is 0 Å². The topological polar surface area (TPSA) is 12.9 Å². The fourth-order valence-corrected chi connectivity index (χ4v) is 0.935. The monoisotopic (exact) mass is 167 g/mol. The van der Waals surface area contributed by atoms with Gasteiger partial charge in [-0.05, 0) is 24.5 Å². The predicted octanol–water partition coefficient (Wildman–Crippen LogP) is 2.85. The van der Waals surface area contributed by atoms with Crippen molar-refractivity contribution in [2.24, 2.45) is 0 Å². The summed E-state index contributed by atoms with van der Waals surface area (Å²) in [5.74, 6) is 0. The van der Waals surface area contributed by atoms with Crippen LogP contribution >= 0.6 is 11.6 Å². The first-order valence-corrected chi connectivity index (χ1v) is 3.92. The van der Waals surface area contributed by atoms with Crippen molar-refractivity contribution in [2.75, 3.05) is 0 Å². The Bertz CT molecular complexity index is 228. The molecule has 0 spiro atoms. The molecular weight excluding hydrogens is 158 g/mol. The third kappa shape index (κ3) is 2.72. The van der Waals surface area contributed by atoms with Crippen LogP contribution in [0.2, 0.25) is 5.15 Å². The van der Waals surface area contributed by atoms with E-state index in [-0.39, 0.29) is 0 Å². The molecule has 1 rings (SSSR count). The van der Waals surface area contributed by atoms with Crippen LogP contribution in [-0.4, -0.2) is 4.98 Å². The summed E-state index contributed by atoms with van der Waals surface area (Å²) in [6.07, 6.45) is 5.68. The highest BCUT2D eigenvalue weighted by Gasteiger charge is 1.91. The maximum absolute atomic E-state index is 5.61. The van der Waals surface area contributed by atoms with Gasteiger partial charge in [0.1, 0.15) is 5.15 Å². The van der Waals surface area contributed by atoms with Crippen LogP contribution in [0.25, 0.3) is 0 Å². The zero-order chi connectivity index (χ0) is 8.10. The fourth-order valence-electron chi connectivity index (χ4n) is 0.823. The molecule has 0 saturated heterocycles. The third-order valence-electron chi connectivity index (χ3n) is 1.43. The number of nitrogens with zero attached hydrogens (tertiary/aromatic N) is 1. The van der Waals surface area contributed by atoms with Gasteiger partial charge in [-0.1, -0.05) is 23.7 Å². The van der Waals surface area contributed by atoms with Gasteiger partial charge in [-0.2, -0.15) is 0 Å². The number of aryl methyl sites for hydroxylation is 1. The van der Waals surface area contributed by atoms with Gasteiger partial charge in [0.05, 0.1) is 0 Å². The number of pyridine rings is 1. The van der Waals surface area contributed by atoms with Crippen LogP contribution in [0, 0.1) is 0 Å². The van der Waals surface area contributed by atoms with Gasteiger partial charge in [0.2, 0.25) is 0 Å². The molecule has 0 amide bonds. The lowest BCUT2D eigenvalue weighted by Crippen LogP contribution is -1.84. The SMILES string of the molecule is C=CCCc1ccc(Cl)nc1. The number of hydrogen-bond acceptors (Lipinski definition) is 1. The predicted molar refractivity (Wildman–Crippen MR) is 47.8 cm³/mol. The van der Waals surface area contributed by atoms with E-state index in [1.165, 1.54) is 5.56 Å². The van der Waals surface area contributed by atoms with Crippen molar-refractivity contribution in [3.8, 4) is 0 Å². The molecule has 1 heterocycles. The van der Waals surface area contributed by atoms with Crippen LogP contribution in [0.3, 0.4) is 0 Å². The molecule has 1 aromatic rings. The van der Waals surface area contributed by atoms with Crippen molar-refractivity contribution in [2.45, 2.75) is 12.8 Å². The van der Waals surface area contributed by atoms with Gasteiger partial charge in [-0.25, -0.2) is 4.98 Å². The Balaban J connectivity index is 2.58. The largest absolute Gasteiger partial charge is 0.244 e. The summed E-state index contributed by atoms with van der Waals surface area (Å²) in [7, 11) is 0. The number of rotatable bonds is 3. The van der Waals surface area contributed by atoms with E-state index < -0.39 is 0 Å². The van der Waals surface area contributed by atoms with E-state index in [2.05, 4.69) is 11.6 Å². The smallest absolute Gasteiger partial charge is 0.129 e. The number of aromatic nitrogens is 1. The molecule has 0 atom stereocenters. The van der Waals surface area contributed by atoms with Crippen molar-refractivity contribution in [1.29, 1.82) is 0 Å². The lowest BCUT2D eigenvalue weighted by Gasteiger charge is -1.96. The molecule has 0 aliphatic heterocycles. The van der Waals surface area contributed by atoms with Crippen LogP contribution in [0.1, 0.15) is 12.0 Å². The Morgan fingerprint density at radius 1 is 1.55 bits per heavy atom. The van der Waals surface area contributed by atoms with E-state index in [0.29, 0.717) is 5.15 Å². The molecule has 0 N–H and O–H groups in total. The van der Waals surface area contributed by atoms with Crippen LogP contribution in [-0.2, 0) is 6.42 Å². The second-order valence-electron chi connectivity index (χ2n) is 2.32. The molecule has 0 radical (unpaired) electrons. The average molecular weight is 168 g/mol. The number of hydrogen-bond donors (Lipinski definition) is 0. The molecule has 0 saturated carbocycles. The van der Waals surface area contributed by atoms with Gasteiger partial charge < -0.3 is 0 Å². The second-order valence-corrected chi connectivity index (χ2v) is 2.70. The summed E-state index contributed by atoms with van der Waals surface area (Å²) in [5.41, 5.74) is 1.20. The quantitative estimate of drug-likeness (QED) is 0.499. The molecule has 0 aliphatic rings. The summed E-state index contributed by atoms with van der Waals surface area (Å²) >= 11 is 5.61. The highest BCUT2D eigenvalue weighted by molar-refractivity contribution is 6.29. The van der Waals surface area contributed by atoms with Crippen molar-refractivity contribution < 1.29 is 0 Å². The molecule has 0 aliphatic carbocycles. The van der Waals surface area contributed by atoms with E-state index in [4.69, 9.17) is 11.6 Å². The van der Waals surface area contributed by atoms with E-state index >= 15 is 0 Å². The Kier molecular flexibility index (Phi) is 3.12. The molecule has 2 heteroatoms. The Labute approximate surface area is 71.7 Å². The second kappa shape index (κ2) is 4.14. The van der Waals surface area contributed by atoms with Crippen molar-refractivity contribution >= 4 is 11.6 Å². The zero-order valence-electron chi connectivity index (χ0n) is 6.26. The maximum atomic E-state index is 5.61. The lowest BCUT2D eigenvalue weighted by atomic mass is 10.2. The summed E-state index contributed by atoms with van der Waals surface area (Å²) < 4.78 is 0. The van der Waals surface area contributed by atoms with Crippen LogP contribution in [0.15, 0.2) is 31.0 Å². The molecule has 0 aromatic carbocycles. The molecule has 11 heavy (non-hydrogen) atoms. The minimum absolute atomic E-state index is 0.548. The number of allylic oxidation sites excluding steroid dienone is 1. The van der Waals surface area contributed by atoms with E-state index in [0.717, 1.165) is 12.8 Å². The van der Waals surface area contributed by atoms with Crippen molar-refractivity contribution in [1.82, 2.24) is 4.98 Å². The summed E-state index contributed by atoms with van der Waals surface area (Å²) in [6, 6.07) is 3.79.